The molecule has 2 aromatic carbocycles. The van der Waals surface area contributed by atoms with E-state index in [0.29, 0.717) is 29.5 Å². The summed E-state index contributed by atoms with van der Waals surface area (Å²) >= 11 is 0. The van der Waals surface area contributed by atoms with E-state index >= 15 is 0 Å². The number of hydrogen-bond donors (Lipinski definition) is 1. The van der Waals surface area contributed by atoms with Crippen LogP contribution in [0, 0.1) is 12.8 Å². The first-order valence-electron chi connectivity index (χ1n) is 11.7. The van der Waals surface area contributed by atoms with Gasteiger partial charge in [-0.25, -0.2) is 0 Å². The number of amides is 2. The van der Waals surface area contributed by atoms with E-state index in [1.165, 1.54) is 6.42 Å². The molecule has 1 atom stereocenters. The fraction of sp³-hybridized carbons (Fsp3) is 0.385. The number of anilines is 1. The Kier molecular flexibility index (Phi) is 5.94. The van der Waals surface area contributed by atoms with Gasteiger partial charge in [-0.2, -0.15) is 4.98 Å². The van der Waals surface area contributed by atoms with Crippen LogP contribution in [0.2, 0.25) is 0 Å². The van der Waals surface area contributed by atoms with Crippen molar-refractivity contribution in [3.8, 4) is 22.8 Å². The molecule has 2 aliphatic rings. The Morgan fingerprint density at radius 1 is 1.06 bits per heavy atom. The molecule has 1 aliphatic heterocycles. The smallest absolute Gasteiger partial charge is 0.260 e. The molecule has 3 aromatic rings. The van der Waals surface area contributed by atoms with Gasteiger partial charge in [0.25, 0.3) is 5.89 Å². The highest BCUT2D eigenvalue weighted by Gasteiger charge is 2.38. The lowest BCUT2D eigenvalue weighted by atomic mass is 9.94. The fourth-order valence-electron chi connectivity index (χ4n) is 4.82. The standard InChI is InChI=1S/C26H28N4O3/c1-17-11-13-18(14-12-17)24-28-26(33-29-24)21-9-5-6-10-22(21)27-25(32)19-15-23(31)30(16-19)20-7-3-2-4-8-20/h5-6,9-14,19-20H,2-4,7-8,15-16H2,1H3,(H,27,32). The van der Waals surface area contributed by atoms with E-state index in [4.69, 9.17) is 4.52 Å². The Balaban J connectivity index is 1.31. The van der Waals surface area contributed by atoms with Gasteiger partial charge >= 0.3 is 0 Å². The molecule has 33 heavy (non-hydrogen) atoms. The topological polar surface area (TPSA) is 88.3 Å². The molecule has 1 saturated heterocycles. The van der Waals surface area contributed by atoms with Gasteiger partial charge in [-0.3, -0.25) is 9.59 Å². The molecular weight excluding hydrogens is 416 g/mol. The third-order valence-electron chi connectivity index (χ3n) is 6.70. The van der Waals surface area contributed by atoms with Crippen LogP contribution in [-0.2, 0) is 9.59 Å². The maximum absolute atomic E-state index is 13.1. The summed E-state index contributed by atoms with van der Waals surface area (Å²) in [5, 5.41) is 7.12. The lowest BCUT2D eigenvalue weighted by Crippen LogP contribution is -2.38. The number of benzene rings is 2. The second-order valence-corrected chi connectivity index (χ2v) is 9.06. The number of rotatable bonds is 5. The monoisotopic (exact) mass is 444 g/mol. The Hall–Kier alpha value is -3.48. The number of likely N-dealkylation sites (tertiary alicyclic amines) is 1. The predicted octanol–water partition coefficient (Wildman–Crippen LogP) is 4.83. The molecule has 7 heteroatoms. The van der Waals surface area contributed by atoms with Crippen molar-refractivity contribution in [2.75, 3.05) is 11.9 Å². The first-order chi connectivity index (χ1) is 16.1. The van der Waals surface area contributed by atoms with E-state index in [0.717, 1.165) is 36.8 Å². The van der Waals surface area contributed by atoms with E-state index in [1.807, 2.05) is 60.4 Å². The van der Waals surface area contributed by atoms with Gasteiger partial charge in [-0.05, 0) is 31.9 Å². The van der Waals surface area contributed by atoms with Crippen molar-refractivity contribution in [2.45, 2.75) is 51.5 Å². The van der Waals surface area contributed by atoms with Crippen molar-refractivity contribution in [1.29, 1.82) is 0 Å². The van der Waals surface area contributed by atoms with E-state index in [1.54, 1.807) is 0 Å². The Morgan fingerprint density at radius 2 is 1.82 bits per heavy atom. The van der Waals surface area contributed by atoms with Gasteiger partial charge < -0.3 is 14.7 Å². The molecule has 2 heterocycles. The van der Waals surface area contributed by atoms with E-state index < -0.39 is 0 Å². The number of para-hydroxylation sites is 1. The first kappa shape index (κ1) is 21.4. The summed E-state index contributed by atoms with van der Waals surface area (Å²) in [6, 6.07) is 15.6. The maximum atomic E-state index is 13.1. The molecular formula is C26H28N4O3. The van der Waals surface area contributed by atoms with Crippen molar-refractivity contribution in [2.24, 2.45) is 5.92 Å². The second-order valence-electron chi connectivity index (χ2n) is 9.06. The molecule has 1 aromatic heterocycles. The van der Waals surface area contributed by atoms with Crippen LogP contribution in [0.4, 0.5) is 5.69 Å². The van der Waals surface area contributed by atoms with Crippen LogP contribution in [0.25, 0.3) is 22.8 Å². The number of carbonyl (C=O) groups is 2. The van der Waals surface area contributed by atoms with Crippen LogP contribution in [-0.4, -0.2) is 39.4 Å². The van der Waals surface area contributed by atoms with Crippen LogP contribution in [0.3, 0.4) is 0 Å². The minimum atomic E-state index is -0.349. The van der Waals surface area contributed by atoms with Crippen molar-refractivity contribution in [3.05, 3.63) is 54.1 Å². The number of carbonyl (C=O) groups excluding carboxylic acids is 2. The molecule has 170 valence electrons. The zero-order valence-corrected chi connectivity index (χ0v) is 18.8. The molecule has 1 unspecified atom stereocenters. The maximum Gasteiger partial charge on any atom is 0.260 e. The molecule has 0 spiro atoms. The average Bonchev–Trinajstić information content (AvgIpc) is 3.48. The molecule has 5 rings (SSSR count). The zero-order chi connectivity index (χ0) is 22.8. The van der Waals surface area contributed by atoms with E-state index in [-0.39, 0.29) is 30.2 Å². The largest absolute Gasteiger partial charge is 0.339 e. The van der Waals surface area contributed by atoms with Crippen molar-refractivity contribution >= 4 is 17.5 Å². The molecule has 2 fully saturated rings. The van der Waals surface area contributed by atoms with Crippen LogP contribution >= 0.6 is 0 Å². The predicted molar refractivity (Wildman–Crippen MR) is 125 cm³/mol. The van der Waals surface area contributed by atoms with Gasteiger partial charge in [0.2, 0.25) is 17.6 Å². The number of aromatic nitrogens is 2. The van der Waals surface area contributed by atoms with Crippen LogP contribution in [0.15, 0.2) is 53.1 Å². The zero-order valence-electron chi connectivity index (χ0n) is 18.8. The number of nitrogens with zero attached hydrogens (tertiary/aromatic N) is 3. The lowest BCUT2D eigenvalue weighted by Gasteiger charge is -2.31. The van der Waals surface area contributed by atoms with Gasteiger partial charge in [-0.15, -0.1) is 0 Å². The molecule has 1 saturated carbocycles. The highest BCUT2D eigenvalue weighted by atomic mass is 16.5. The van der Waals surface area contributed by atoms with Gasteiger partial charge in [0.05, 0.1) is 17.2 Å². The van der Waals surface area contributed by atoms with Crippen LogP contribution in [0.1, 0.15) is 44.1 Å². The number of nitrogens with one attached hydrogen (secondary N) is 1. The van der Waals surface area contributed by atoms with E-state index in [2.05, 4.69) is 15.5 Å². The lowest BCUT2D eigenvalue weighted by molar-refractivity contribution is -0.130. The molecule has 1 aliphatic carbocycles. The molecule has 2 amide bonds. The van der Waals surface area contributed by atoms with Gasteiger partial charge in [0.15, 0.2) is 0 Å². The van der Waals surface area contributed by atoms with Gasteiger partial charge in [-0.1, -0.05) is 66.4 Å². The normalized spacial score (nSPS) is 19.1. The number of hydrogen-bond acceptors (Lipinski definition) is 5. The van der Waals surface area contributed by atoms with Crippen LogP contribution in [0.5, 0.6) is 0 Å². The molecule has 0 radical (unpaired) electrons. The van der Waals surface area contributed by atoms with E-state index in [9.17, 15) is 9.59 Å². The third-order valence-corrected chi connectivity index (χ3v) is 6.70. The second kappa shape index (κ2) is 9.17. The minimum absolute atomic E-state index is 0.0926. The summed E-state index contributed by atoms with van der Waals surface area (Å²) in [5.74, 6) is 0.434. The summed E-state index contributed by atoms with van der Waals surface area (Å²) in [5.41, 5.74) is 3.28. The van der Waals surface area contributed by atoms with Crippen molar-refractivity contribution in [3.63, 3.8) is 0 Å². The SMILES string of the molecule is Cc1ccc(-c2noc(-c3ccccc3NC(=O)C3CC(=O)N(C4CCCCC4)C3)n2)cc1. The summed E-state index contributed by atoms with van der Waals surface area (Å²) in [6.45, 7) is 2.52. The first-order valence-corrected chi connectivity index (χ1v) is 11.7. The fourth-order valence-corrected chi connectivity index (χ4v) is 4.82. The quantitative estimate of drug-likeness (QED) is 0.609. The number of aryl methyl sites for hydroxylation is 1. The highest BCUT2D eigenvalue weighted by molar-refractivity contribution is 5.99. The highest BCUT2D eigenvalue weighted by Crippen LogP contribution is 2.32. The summed E-state index contributed by atoms with van der Waals surface area (Å²) in [7, 11) is 0. The summed E-state index contributed by atoms with van der Waals surface area (Å²) in [4.78, 5) is 32.1. The van der Waals surface area contributed by atoms with Gasteiger partial charge in [0, 0.05) is 24.6 Å². The Morgan fingerprint density at radius 3 is 2.61 bits per heavy atom. The summed E-state index contributed by atoms with van der Waals surface area (Å²) < 4.78 is 5.52. The molecule has 7 nitrogen and oxygen atoms in total. The van der Waals surface area contributed by atoms with Crippen LogP contribution < -0.4 is 5.32 Å². The minimum Gasteiger partial charge on any atom is -0.339 e. The Bertz CT molecular complexity index is 1150. The molecule has 1 N–H and O–H groups in total. The van der Waals surface area contributed by atoms with Crippen molar-refractivity contribution < 1.29 is 14.1 Å². The van der Waals surface area contributed by atoms with Gasteiger partial charge in [0.1, 0.15) is 0 Å². The summed E-state index contributed by atoms with van der Waals surface area (Å²) in [6.07, 6.45) is 5.91. The van der Waals surface area contributed by atoms with Crippen molar-refractivity contribution in [1.82, 2.24) is 15.0 Å². The third kappa shape index (κ3) is 4.53. The Labute approximate surface area is 193 Å². The molecule has 0 bridgehead atoms. The average molecular weight is 445 g/mol.